The molecule has 84 valence electrons. The molecule has 2 rings (SSSR count). The van der Waals surface area contributed by atoms with E-state index in [4.69, 9.17) is 17.3 Å². The van der Waals surface area contributed by atoms with Crippen LogP contribution in [0.15, 0.2) is 6.20 Å². The zero-order chi connectivity index (χ0) is 10.8. The molecule has 0 saturated heterocycles. The third kappa shape index (κ3) is 2.04. The molecule has 1 aliphatic carbocycles. The molecule has 1 fully saturated rings. The topological polar surface area (TPSA) is 43.8 Å². The van der Waals surface area contributed by atoms with Crippen LogP contribution in [0.3, 0.4) is 0 Å². The average Bonchev–Trinajstić information content (AvgIpc) is 2.85. The second-order valence-corrected chi connectivity index (χ2v) is 4.67. The summed E-state index contributed by atoms with van der Waals surface area (Å²) in [7, 11) is 0. The highest BCUT2D eigenvalue weighted by Crippen LogP contribution is 2.36. The van der Waals surface area contributed by atoms with Gasteiger partial charge in [0.05, 0.1) is 23.0 Å². The summed E-state index contributed by atoms with van der Waals surface area (Å²) in [5.74, 6) is 0.587. The molecule has 1 saturated carbocycles. The fourth-order valence-electron chi connectivity index (χ4n) is 2.50. The van der Waals surface area contributed by atoms with Crippen LogP contribution in [-0.2, 0) is 6.54 Å². The molecule has 0 spiro atoms. The molecule has 0 radical (unpaired) electrons. The van der Waals surface area contributed by atoms with Crippen molar-refractivity contribution in [2.24, 2.45) is 11.7 Å². The van der Waals surface area contributed by atoms with E-state index in [-0.39, 0.29) is 6.04 Å². The van der Waals surface area contributed by atoms with E-state index in [2.05, 4.69) is 12.0 Å². The Labute approximate surface area is 95.6 Å². The molecule has 0 amide bonds. The highest BCUT2D eigenvalue weighted by molar-refractivity contribution is 6.31. The molecule has 3 nitrogen and oxygen atoms in total. The van der Waals surface area contributed by atoms with Gasteiger partial charge in [-0.05, 0) is 25.7 Å². The van der Waals surface area contributed by atoms with Crippen LogP contribution in [0.2, 0.25) is 5.02 Å². The van der Waals surface area contributed by atoms with Gasteiger partial charge in [-0.3, -0.25) is 4.68 Å². The molecule has 0 bridgehead atoms. The molecule has 1 aromatic rings. The minimum atomic E-state index is 0.0578. The Bertz CT molecular complexity index is 329. The van der Waals surface area contributed by atoms with Crippen LogP contribution < -0.4 is 5.73 Å². The van der Waals surface area contributed by atoms with Crippen molar-refractivity contribution in [1.82, 2.24) is 9.78 Å². The Hall–Kier alpha value is -0.540. The molecule has 0 aromatic carbocycles. The van der Waals surface area contributed by atoms with Crippen molar-refractivity contribution in [1.29, 1.82) is 0 Å². The van der Waals surface area contributed by atoms with Crippen molar-refractivity contribution < 1.29 is 0 Å². The zero-order valence-electron chi connectivity index (χ0n) is 9.12. The summed E-state index contributed by atoms with van der Waals surface area (Å²) in [6.07, 6.45) is 6.76. The van der Waals surface area contributed by atoms with Gasteiger partial charge in [0, 0.05) is 6.54 Å². The van der Waals surface area contributed by atoms with Gasteiger partial charge in [0.15, 0.2) is 0 Å². The predicted molar refractivity (Wildman–Crippen MR) is 61.8 cm³/mol. The van der Waals surface area contributed by atoms with Crippen molar-refractivity contribution in [3.8, 4) is 0 Å². The number of aromatic nitrogens is 2. The number of hydrogen-bond acceptors (Lipinski definition) is 2. The summed E-state index contributed by atoms with van der Waals surface area (Å²) in [6, 6.07) is 0.0578. The number of rotatable bonds is 3. The summed E-state index contributed by atoms with van der Waals surface area (Å²) < 4.78 is 1.92. The fraction of sp³-hybridized carbons (Fsp3) is 0.727. The Kier molecular flexibility index (Phi) is 3.32. The van der Waals surface area contributed by atoms with Crippen molar-refractivity contribution in [3.05, 3.63) is 16.9 Å². The summed E-state index contributed by atoms with van der Waals surface area (Å²) in [5.41, 5.74) is 7.30. The normalized spacial score (nSPS) is 19.7. The SMILES string of the molecule is CCn1ncc(Cl)c1C(N)C1CCCC1. The molecule has 1 heterocycles. The van der Waals surface area contributed by atoms with E-state index in [9.17, 15) is 0 Å². The van der Waals surface area contributed by atoms with Crippen LogP contribution in [0.25, 0.3) is 0 Å². The second kappa shape index (κ2) is 4.54. The highest BCUT2D eigenvalue weighted by atomic mass is 35.5. The van der Waals surface area contributed by atoms with Gasteiger partial charge in [-0.1, -0.05) is 24.4 Å². The summed E-state index contributed by atoms with van der Waals surface area (Å²) >= 11 is 6.13. The van der Waals surface area contributed by atoms with Crippen LogP contribution >= 0.6 is 11.6 Å². The number of nitrogens with zero attached hydrogens (tertiary/aromatic N) is 2. The first-order valence-electron chi connectivity index (χ1n) is 5.70. The lowest BCUT2D eigenvalue weighted by Gasteiger charge is -2.20. The standard InChI is InChI=1S/C11H18ClN3/c1-2-15-11(9(12)7-14-15)10(13)8-5-3-4-6-8/h7-8,10H,2-6,13H2,1H3. The Morgan fingerprint density at radius 3 is 2.87 bits per heavy atom. The summed E-state index contributed by atoms with van der Waals surface area (Å²) in [4.78, 5) is 0. The number of hydrogen-bond donors (Lipinski definition) is 1. The molecule has 1 unspecified atom stereocenters. The average molecular weight is 228 g/mol. The van der Waals surface area contributed by atoms with Crippen molar-refractivity contribution >= 4 is 11.6 Å². The lowest BCUT2D eigenvalue weighted by atomic mass is 9.96. The lowest BCUT2D eigenvalue weighted by molar-refractivity contribution is 0.415. The molecule has 15 heavy (non-hydrogen) atoms. The molecule has 4 heteroatoms. The Morgan fingerprint density at radius 1 is 1.60 bits per heavy atom. The molecule has 1 aliphatic rings. The summed E-state index contributed by atoms with van der Waals surface area (Å²) in [6.45, 7) is 2.90. The maximum Gasteiger partial charge on any atom is 0.0834 e. The van der Waals surface area contributed by atoms with E-state index in [1.54, 1.807) is 6.20 Å². The maximum absolute atomic E-state index is 6.28. The van der Waals surface area contributed by atoms with Crippen LogP contribution in [0.4, 0.5) is 0 Å². The third-order valence-electron chi connectivity index (χ3n) is 3.36. The van der Waals surface area contributed by atoms with Crippen molar-refractivity contribution in [3.63, 3.8) is 0 Å². The Balaban J connectivity index is 2.22. The van der Waals surface area contributed by atoms with Crippen LogP contribution in [0.1, 0.15) is 44.3 Å². The Morgan fingerprint density at radius 2 is 2.27 bits per heavy atom. The smallest absolute Gasteiger partial charge is 0.0834 e. The van der Waals surface area contributed by atoms with Gasteiger partial charge in [0.2, 0.25) is 0 Å². The quantitative estimate of drug-likeness (QED) is 0.863. The molecule has 2 N–H and O–H groups in total. The number of aryl methyl sites for hydroxylation is 1. The van der Waals surface area contributed by atoms with Gasteiger partial charge in [-0.15, -0.1) is 0 Å². The van der Waals surface area contributed by atoms with E-state index in [0.717, 1.165) is 17.3 Å². The second-order valence-electron chi connectivity index (χ2n) is 4.26. The molecular weight excluding hydrogens is 210 g/mol. The maximum atomic E-state index is 6.28. The third-order valence-corrected chi connectivity index (χ3v) is 3.65. The van der Waals surface area contributed by atoms with E-state index in [1.807, 2.05) is 4.68 Å². The van der Waals surface area contributed by atoms with Crippen LogP contribution in [0, 0.1) is 5.92 Å². The number of halogens is 1. The van der Waals surface area contributed by atoms with Gasteiger partial charge >= 0.3 is 0 Å². The van der Waals surface area contributed by atoms with Crippen LogP contribution in [0.5, 0.6) is 0 Å². The number of nitrogens with two attached hydrogens (primary N) is 1. The van der Waals surface area contributed by atoms with E-state index >= 15 is 0 Å². The van der Waals surface area contributed by atoms with Crippen molar-refractivity contribution in [2.75, 3.05) is 0 Å². The highest BCUT2D eigenvalue weighted by Gasteiger charge is 2.27. The van der Waals surface area contributed by atoms with Gasteiger partial charge in [-0.25, -0.2) is 0 Å². The minimum absolute atomic E-state index is 0.0578. The summed E-state index contributed by atoms with van der Waals surface area (Å²) in [5, 5.41) is 4.95. The fourth-order valence-corrected chi connectivity index (χ4v) is 2.76. The minimum Gasteiger partial charge on any atom is -0.322 e. The van der Waals surface area contributed by atoms with E-state index < -0.39 is 0 Å². The largest absolute Gasteiger partial charge is 0.322 e. The first-order chi connectivity index (χ1) is 7.24. The van der Waals surface area contributed by atoms with Crippen molar-refractivity contribution in [2.45, 2.75) is 45.2 Å². The van der Waals surface area contributed by atoms with Gasteiger partial charge in [-0.2, -0.15) is 5.10 Å². The van der Waals surface area contributed by atoms with E-state index in [1.165, 1.54) is 25.7 Å². The zero-order valence-corrected chi connectivity index (χ0v) is 9.87. The van der Waals surface area contributed by atoms with Gasteiger partial charge in [0.1, 0.15) is 0 Å². The molecule has 0 aliphatic heterocycles. The first kappa shape index (κ1) is 11.0. The molecule has 1 aromatic heterocycles. The van der Waals surface area contributed by atoms with E-state index in [0.29, 0.717) is 5.92 Å². The predicted octanol–water partition coefficient (Wildman–Crippen LogP) is 2.75. The molecule has 1 atom stereocenters. The van der Waals surface area contributed by atoms with Gasteiger partial charge < -0.3 is 5.73 Å². The van der Waals surface area contributed by atoms with Crippen LogP contribution in [-0.4, -0.2) is 9.78 Å². The lowest BCUT2D eigenvalue weighted by Crippen LogP contribution is -2.23. The monoisotopic (exact) mass is 227 g/mol. The van der Waals surface area contributed by atoms with Gasteiger partial charge in [0.25, 0.3) is 0 Å². The first-order valence-corrected chi connectivity index (χ1v) is 6.08. The molecular formula is C11H18ClN3.